The van der Waals surface area contributed by atoms with E-state index in [4.69, 9.17) is 4.42 Å². The number of hydrogen-bond acceptors (Lipinski definition) is 3. The van der Waals surface area contributed by atoms with Crippen LogP contribution in [0, 0.1) is 13.8 Å². The van der Waals surface area contributed by atoms with E-state index in [1.54, 1.807) is 11.0 Å². The summed E-state index contributed by atoms with van der Waals surface area (Å²) in [7, 11) is 0. The number of rotatable bonds is 4. The summed E-state index contributed by atoms with van der Waals surface area (Å²) in [5.74, 6) is 0.00399. The summed E-state index contributed by atoms with van der Waals surface area (Å²) < 4.78 is 5.97. The van der Waals surface area contributed by atoms with Gasteiger partial charge in [-0.05, 0) is 43.5 Å². The molecule has 4 nitrogen and oxygen atoms in total. The van der Waals surface area contributed by atoms with Crippen LogP contribution in [0.2, 0.25) is 0 Å². The van der Waals surface area contributed by atoms with Crippen molar-refractivity contribution in [1.29, 1.82) is 0 Å². The topological polar surface area (TPSA) is 50.5 Å². The van der Waals surface area contributed by atoms with Gasteiger partial charge in [0.15, 0.2) is 5.43 Å². The molecular weight excluding hydrogens is 338 g/mol. The number of amides is 1. The Morgan fingerprint density at radius 2 is 1.70 bits per heavy atom. The highest BCUT2D eigenvalue weighted by Gasteiger charge is 2.42. The van der Waals surface area contributed by atoms with Crippen molar-refractivity contribution in [1.82, 2.24) is 4.90 Å². The van der Waals surface area contributed by atoms with Crippen molar-refractivity contribution in [3.63, 3.8) is 0 Å². The molecule has 4 heteroatoms. The van der Waals surface area contributed by atoms with Crippen LogP contribution in [-0.4, -0.2) is 17.4 Å². The van der Waals surface area contributed by atoms with Crippen molar-refractivity contribution in [2.24, 2.45) is 0 Å². The van der Waals surface area contributed by atoms with Gasteiger partial charge in [-0.15, -0.1) is 0 Å². The molecule has 0 unspecified atom stereocenters. The minimum Gasteiger partial charge on any atom is -0.450 e. The van der Waals surface area contributed by atoms with E-state index >= 15 is 0 Å². The van der Waals surface area contributed by atoms with Crippen LogP contribution in [0.1, 0.15) is 58.6 Å². The van der Waals surface area contributed by atoms with Crippen molar-refractivity contribution in [2.45, 2.75) is 39.7 Å². The highest BCUT2D eigenvalue weighted by atomic mass is 16.3. The first-order valence-electron chi connectivity index (χ1n) is 9.46. The molecule has 2 aromatic carbocycles. The molecule has 0 fully saturated rings. The summed E-state index contributed by atoms with van der Waals surface area (Å²) in [6, 6.07) is 13.2. The molecule has 1 aliphatic heterocycles. The molecule has 4 rings (SSSR count). The molecule has 138 valence electrons. The van der Waals surface area contributed by atoms with Gasteiger partial charge in [0.1, 0.15) is 5.58 Å². The Morgan fingerprint density at radius 3 is 2.41 bits per heavy atom. The molecule has 0 saturated heterocycles. The van der Waals surface area contributed by atoms with Gasteiger partial charge in [-0.25, -0.2) is 0 Å². The molecule has 3 aromatic rings. The number of carbonyl (C=O) groups excluding carboxylic acids is 1. The first kappa shape index (κ1) is 17.5. The largest absolute Gasteiger partial charge is 0.450 e. The second-order valence-electron chi connectivity index (χ2n) is 7.34. The van der Waals surface area contributed by atoms with E-state index in [0.29, 0.717) is 23.1 Å². The van der Waals surface area contributed by atoms with Crippen molar-refractivity contribution < 1.29 is 9.21 Å². The zero-order chi connectivity index (χ0) is 19.1. The standard InChI is InChI=1S/C23H23NO3/c1-4-5-12-24-20(16-9-6-14(2)7-10-16)19-21(25)17-11-8-15(3)13-18(17)27-22(19)23(24)26/h6-11,13,20H,4-5,12H2,1-3H3/t20-/m1/s1. The molecule has 1 aliphatic rings. The summed E-state index contributed by atoms with van der Waals surface area (Å²) >= 11 is 0. The van der Waals surface area contributed by atoms with E-state index in [-0.39, 0.29) is 23.1 Å². The fraction of sp³-hybridized carbons (Fsp3) is 0.304. The molecule has 0 bridgehead atoms. The predicted molar refractivity (Wildman–Crippen MR) is 106 cm³/mol. The SMILES string of the molecule is CCCCN1C(=O)c2oc3cc(C)ccc3c(=O)c2[C@H]1c1ccc(C)cc1. The van der Waals surface area contributed by atoms with Crippen LogP contribution in [-0.2, 0) is 0 Å². The van der Waals surface area contributed by atoms with Gasteiger partial charge in [-0.3, -0.25) is 9.59 Å². The van der Waals surface area contributed by atoms with Gasteiger partial charge >= 0.3 is 0 Å². The minimum atomic E-state index is -0.387. The van der Waals surface area contributed by atoms with Gasteiger partial charge in [-0.1, -0.05) is 49.2 Å². The van der Waals surface area contributed by atoms with Crippen LogP contribution in [0.4, 0.5) is 0 Å². The Balaban J connectivity index is 1.96. The lowest BCUT2D eigenvalue weighted by atomic mass is 9.97. The third kappa shape index (κ3) is 2.85. The lowest BCUT2D eigenvalue weighted by Gasteiger charge is -2.25. The van der Waals surface area contributed by atoms with Gasteiger partial charge in [-0.2, -0.15) is 0 Å². The van der Waals surface area contributed by atoms with E-state index in [1.165, 1.54) is 0 Å². The second-order valence-corrected chi connectivity index (χ2v) is 7.34. The average Bonchev–Trinajstić information content (AvgIpc) is 2.93. The maximum Gasteiger partial charge on any atom is 0.290 e. The zero-order valence-electron chi connectivity index (χ0n) is 15.9. The molecule has 0 aliphatic carbocycles. The van der Waals surface area contributed by atoms with Crippen molar-refractivity contribution in [3.05, 3.63) is 80.7 Å². The first-order chi connectivity index (χ1) is 13.0. The molecule has 1 atom stereocenters. The van der Waals surface area contributed by atoms with Gasteiger partial charge < -0.3 is 9.32 Å². The Hall–Kier alpha value is -2.88. The summed E-state index contributed by atoms with van der Waals surface area (Å²) in [4.78, 5) is 28.2. The van der Waals surface area contributed by atoms with E-state index < -0.39 is 0 Å². The number of unbranched alkanes of at least 4 members (excludes halogenated alkanes) is 1. The smallest absolute Gasteiger partial charge is 0.290 e. The molecular formula is C23H23NO3. The molecule has 0 spiro atoms. The van der Waals surface area contributed by atoms with Crippen LogP contribution in [0.15, 0.2) is 51.7 Å². The lowest BCUT2D eigenvalue weighted by molar-refractivity contribution is 0.0725. The predicted octanol–water partition coefficient (Wildman–Crippen LogP) is 4.76. The van der Waals surface area contributed by atoms with Crippen LogP contribution >= 0.6 is 0 Å². The third-order valence-electron chi connectivity index (χ3n) is 5.27. The van der Waals surface area contributed by atoms with Crippen LogP contribution in [0.25, 0.3) is 11.0 Å². The lowest BCUT2D eigenvalue weighted by Crippen LogP contribution is -2.30. The van der Waals surface area contributed by atoms with Gasteiger partial charge in [0, 0.05) is 6.54 Å². The van der Waals surface area contributed by atoms with Crippen molar-refractivity contribution in [2.75, 3.05) is 6.54 Å². The monoisotopic (exact) mass is 361 g/mol. The molecule has 1 aromatic heterocycles. The maximum absolute atomic E-state index is 13.3. The number of benzene rings is 2. The van der Waals surface area contributed by atoms with Crippen molar-refractivity contribution >= 4 is 16.9 Å². The quantitative estimate of drug-likeness (QED) is 0.673. The van der Waals surface area contributed by atoms with Crippen LogP contribution in [0.5, 0.6) is 0 Å². The number of hydrogen-bond donors (Lipinski definition) is 0. The fourth-order valence-electron chi connectivity index (χ4n) is 3.78. The number of carbonyl (C=O) groups is 1. The molecule has 2 heterocycles. The highest BCUT2D eigenvalue weighted by Crippen LogP contribution is 2.38. The Bertz CT molecular complexity index is 1080. The zero-order valence-corrected chi connectivity index (χ0v) is 15.9. The average molecular weight is 361 g/mol. The molecule has 0 N–H and O–H groups in total. The molecule has 0 radical (unpaired) electrons. The minimum absolute atomic E-state index is 0.107. The Morgan fingerprint density at radius 1 is 1.00 bits per heavy atom. The molecule has 0 saturated carbocycles. The third-order valence-corrected chi connectivity index (χ3v) is 5.27. The number of fused-ring (bicyclic) bond motifs is 2. The molecule has 1 amide bonds. The van der Waals surface area contributed by atoms with E-state index in [1.807, 2.05) is 50.2 Å². The molecule has 27 heavy (non-hydrogen) atoms. The normalized spacial score (nSPS) is 16.2. The second kappa shape index (κ2) is 6.69. The van der Waals surface area contributed by atoms with Gasteiger partial charge in [0.25, 0.3) is 5.91 Å². The van der Waals surface area contributed by atoms with Gasteiger partial charge in [0.05, 0.1) is 17.0 Å². The summed E-state index contributed by atoms with van der Waals surface area (Å²) in [6.07, 6.45) is 1.86. The fourth-order valence-corrected chi connectivity index (χ4v) is 3.78. The van der Waals surface area contributed by atoms with Crippen molar-refractivity contribution in [3.8, 4) is 0 Å². The van der Waals surface area contributed by atoms with E-state index in [2.05, 4.69) is 6.92 Å². The maximum atomic E-state index is 13.3. The number of aryl methyl sites for hydroxylation is 2. The summed E-state index contributed by atoms with van der Waals surface area (Å²) in [5.41, 5.74) is 3.92. The highest BCUT2D eigenvalue weighted by molar-refractivity contribution is 5.99. The Kier molecular flexibility index (Phi) is 4.34. The van der Waals surface area contributed by atoms with Gasteiger partial charge in [0.2, 0.25) is 5.76 Å². The number of nitrogens with zero attached hydrogens (tertiary/aromatic N) is 1. The van der Waals surface area contributed by atoms with E-state index in [0.717, 1.165) is 29.5 Å². The van der Waals surface area contributed by atoms with Crippen LogP contribution < -0.4 is 5.43 Å². The Labute approximate surface area is 158 Å². The summed E-state index contributed by atoms with van der Waals surface area (Å²) in [5, 5.41) is 0.529. The van der Waals surface area contributed by atoms with Crippen LogP contribution in [0.3, 0.4) is 0 Å². The first-order valence-corrected chi connectivity index (χ1v) is 9.46. The summed E-state index contributed by atoms with van der Waals surface area (Å²) in [6.45, 7) is 6.66. The van der Waals surface area contributed by atoms with E-state index in [9.17, 15) is 9.59 Å².